The summed E-state index contributed by atoms with van der Waals surface area (Å²) >= 11 is 1.50. The molecule has 8 heteroatoms. The molecule has 0 saturated heterocycles. The van der Waals surface area contributed by atoms with Crippen molar-refractivity contribution in [2.45, 2.75) is 25.9 Å². The van der Waals surface area contributed by atoms with E-state index in [0.717, 1.165) is 36.0 Å². The van der Waals surface area contributed by atoms with Crippen molar-refractivity contribution in [2.75, 3.05) is 0 Å². The van der Waals surface area contributed by atoms with E-state index in [1.165, 1.54) is 11.3 Å². The Labute approximate surface area is 118 Å². The molecule has 4 heterocycles. The van der Waals surface area contributed by atoms with Gasteiger partial charge in [-0.25, -0.2) is 4.98 Å². The fourth-order valence-electron chi connectivity index (χ4n) is 2.43. The molecule has 1 aliphatic rings. The Morgan fingerprint density at radius 2 is 2.40 bits per heavy atom. The fourth-order valence-corrected chi connectivity index (χ4v) is 3.13. The third-order valence-electron chi connectivity index (χ3n) is 3.42. The lowest BCUT2D eigenvalue weighted by atomic mass is 10.4. The predicted octanol–water partition coefficient (Wildman–Crippen LogP) is 0.863. The highest BCUT2D eigenvalue weighted by molar-refractivity contribution is 7.15. The second kappa shape index (κ2) is 4.41. The number of hydrogen-bond donors (Lipinski definition) is 1. The van der Waals surface area contributed by atoms with Crippen LogP contribution in [0.3, 0.4) is 0 Å². The molecule has 0 radical (unpaired) electrons. The topological polar surface area (TPSA) is 77.1 Å². The Kier molecular flexibility index (Phi) is 2.56. The van der Waals surface area contributed by atoms with Crippen LogP contribution in [0.2, 0.25) is 0 Å². The molecule has 7 nitrogen and oxygen atoms in total. The molecule has 1 aliphatic heterocycles. The first-order valence-corrected chi connectivity index (χ1v) is 7.30. The highest BCUT2D eigenvalue weighted by Crippen LogP contribution is 2.14. The summed E-state index contributed by atoms with van der Waals surface area (Å²) < 4.78 is 3.92. The van der Waals surface area contributed by atoms with Gasteiger partial charge in [-0.3, -0.25) is 9.20 Å². The van der Waals surface area contributed by atoms with E-state index in [-0.39, 0.29) is 5.91 Å². The van der Waals surface area contributed by atoms with E-state index in [4.69, 9.17) is 0 Å². The summed E-state index contributed by atoms with van der Waals surface area (Å²) in [6.45, 7) is 1.32. The number of hydrogen-bond acceptors (Lipinski definition) is 5. The molecule has 3 aromatic rings. The molecule has 0 fully saturated rings. The van der Waals surface area contributed by atoms with Crippen LogP contribution in [0.5, 0.6) is 0 Å². The van der Waals surface area contributed by atoms with Gasteiger partial charge in [-0.1, -0.05) is 0 Å². The van der Waals surface area contributed by atoms with Crippen molar-refractivity contribution in [1.29, 1.82) is 0 Å². The zero-order valence-corrected chi connectivity index (χ0v) is 11.4. The van der Waals surface area contributed by atoms with Crippen LogP contribution in [0, 0.1) is 0 Å². The molecule has 0 saturated carbocycles. The smallest absolute Gasteiger partial charge is 0.271 e. The van der Waals surface area contributed by atoms with Crippen molar-refractivity contribution >= 4 is 22.2 Å². The van der Waals surface area contributed by atoms with Crippen LogP contribution in [-0.4, -0.2) is 30.1 Å². The number of nitrogens with zero attached hydrogens (tertiary/aromatic N) is 5. The molecule has 1 amide bonds. The number of aryl methyl sites for hydroxylation is 1. The van der Waals surface area contributed by atoms with Crippen LogP contribution in [0.4, 0.5) is 0 Å². The molecule has 3 aromatic heterocycles. The number of imidazole rings is 1. The van der Waals surface area contributed by atoms with Crippen molar-refractivity contribution in [3.63, 3.8) is 0 Å². The second-order valence-electron chi connectivity index (χ2n) is 4.69. The average molecular weight is 288 g/mol. The van der Waals surface area contributed by atoms with Crippen LogP contribution < -0.4 is 5.32 Å². The van der Waals surface area contributed by atoms with Gasteiger partial charge in [0.25, 0.3) is 5.91 Å². The van der Waals surface area contributed by atoms with Gasteiger partial charge in [-0.05, 0) is 6.42 Å². The van der Waals surface area contributed by atoms with Crippen LogP contribution in [0.1, 0.15) is 28.6 Å². The van der Waals surface area contributed by atoms with E-state index in [0.29, 0.717) is 12.2 Å². The van der Waals surface area contributed by atoms with Crippen molar-refractivity contribution < 1.29 is 4.79 Å². The van der Waals surface area contributed by atoms with Gasteiger partial charge in [0, 0.05) is 30.7 Å². The van der Waals surface area contributed by atoms with E-state index in [9.17, 15) is 4.79 Å². The molecular weight excluding hydrogens is 276 g/mol. The molecule has 20 heavy (non-hydrogen) atoms. The lowest BCUT2D eigenvalue weighted by Gasteiger charge is -2.03. The first-order chi connectivity index (χ1) is 9.81. The molecular formula is C12H12N6OS. The minimum absolute atomic E-state index is 0.184. The Hall–Kier alpha value is -2.22. The molecule has 0 aromatic carbocycles. The number of rotatable bonds is 3. The highest BCUT2D eigenvalue weighted by atomic mass is 32.1. The van der Waals surface area contributed by atoms with Gasteiger partial charge in [-0.15, -0.1) is 21.5 Å². The predicted molar refractivity (Wildman–Crippen MR) is 72.6 cm³/mol. The van der Waals surface area contributed by atoms with E-state index in [1.807, 2.05) is 16.0 Å². The van der Waals surface area contributed by atoms with Crippen LogP contribution >= 0.6 is 11.3 Å². The first-order valence-electron chi connectivity index (χ1n) is 6.42. The van der Waals surface area contributed by atoms with Gasteiger partial charge in [-0.2, -0.15) is 0 Å². The number of carbonyl (C=O) groups excluding carboxylic acids is 1. The third-order valence-corrected chi connectivity index (χ3v) is 4.19. The molecule has 0 aliphatic carbocycles. The van der Waals surface area contributed by atoms with Crippen LogP contribution in [-0.2, 0) is 19.5 Å². The normalized spacial score (nSPS) is 13.8. The van der Waals surface area contributed by atoms with Crippen molar-refractivity contribution in [2.24, 2.45) is 0 Å². The number of aromatic nitrogens is 5. The van der Waals surface area contributed by atoms with E-state index in [2.05, 4.69) is 25.1 Å². The fraction of sp³-hybridized carbons (Fsp3) is 0.333. The van der Waals surface area contributed by atoms with E-state index < -0.39 is 0 Å². The summed E-state index contributed by atoms with van der Waals surface area (Å²) in [7, 11) is 0. The number of thiazole rings is 1. The number of fused-ring (bicyclic) bond motifs is 2. The monoisotopic (exact) mass is 288 g/mol. The molecule has 102 valence electrons. The summed E-state index contributed by atoms with van der Waals surface area (Å²) in [4.78, 5) is 17.2. The Balaban J connectivity index is 1.48. The summed E-state index contributed by atoms with van der Waals surface area (Å²) in [5.41, 5.74) is 0.429. The average Bonchev–Trinajstić information content (AvgIpc) is 3.15. The van der Waals surface area contributed by atoms with E-state index in [1.54, 1.807) is 6.20 Å². The summed E-state index contributed by atoms with van der Waals surface area (Å²) in [6.07, 6.45) is 5.69. The third kappa shape index (κ3) is 1.80. The highest BCUT2D eigenvalue weighted by Gasteiger charge is 2.18. The van der Waals surface area contributed by atoms with Crippen molar-refractivity contribution in [3.8, 4) is 0 Å². The van der Waals surface area contributed by atoms with Gasteiger partial charge < -0.3 is 9.88 Å². The quantitative estimate of drug-likeness (QED) is 0.775. The summed E-state index contributed by atoms with van der Waals surface area (Å²) in [5, 5.41) is 13.0. The number of nitrogens with one attached hydrogen (secondary N) is 1. The largest absolute Gasteiger partial charge is 0.343 e. The molecule has 1 N–H and O–H groups in total. The molecule has 0 atom stereocenters. The SMILES string of the molecule is O=C(NCc1nnc2n1CCC2)c1cn2ccsc2n1. The van der Waals surface area contributed by atoms with Crippen LogP contribution in [0.25, 0.3) is 4.96 Å². The van der Waals surface area contributed by atoms with Crippen LogP contribution in [0.15, 0.2) is 17.8 Å². The Bertz CT molecular complexity index is 756. The first kappa shape index (κ1) is 11.6. The standard InChI is InChI=1S/C12H12N6OS/c19-11(8-7-17-4-5-20-12(17)14-8)13-6-10-16-15-9-2-1-3-18(9)10/h4-5,7H,1-3,6H2,(H,13,19). The minimum Gasteiger partial charge on any atom is -0.343 e. The maximum atomic E-state index is 12.1. The Morgan fingerprint density at radius 3 is 3.30 bits per heavy atom. The second-order valence-corrected chi connectivity index (χ2v) is 5.56. The molecule has 0 bridgehead atoms. The van der Waals surface area contributed by atoms with E-state index >= 15 is 0 Å². The van der Waals surface area contributed by atoms with Crippen molar-refractivity contribution in [3.05, 3.63) is 35.1 Å². The Morgan fingerprint density at radius 1 is 1.45 bits per heavy atom. The minimum atomic E-state index is -0.184. The lowest BCUT2D eigenvalue weighted by Crippen LogP contribution is -2.25. The molecule has 0 unspecified atom stereocenters. The zero-order chi connectivity index (χ0) is 13.5. The molecule has 4 rings (SSSR count). The van der Waals surface area contributed by atoms with Gasteiger partial charge in [0.2, 0.25) is 0 Å². The molecule has 0 spiro atoms. The maximum Gasteiger partial charge on any atom is 0.271 e. The summed E-state index contributed by atoms with van der Waals surface area (Å²) in [5.74, 6) is 1.64. The lowest BCUT2D eigenvalue weighted by molar-refractivity contribution is 0.0945. The summed E-state index contributed by atoms with van der Waals surface area (Å²) in [6, 6.07) is 0. The van der Waals surface area contributed by atoms with Gasteiger partial charge >= 0.3 is 0 Å². The van der Waals surface area contributed by atoms with Gasteiger partial charge in [0.15, 0.2) is 10.8 Å². The zero-order valence-electron chi connectivity index (χ0n) is 10.6. The van der Waals surface area contributed by atoms with Gasteiger partial charge in [0.1, 0.15) is 11.5 Å². The number of amides is 1. The maximum absolute atomic E-state index is 12.1. The van der Waals surface area contributed by atoms with Crippen molar-refractivity contribution in [1.82, 2.24) is 29.5 Å². The number of carbonyl (C=O) groups is 1. The van der Waals surface area contributed by atoms with Gasteiger partial charge in [0.05, 0.1) is 6.54 Å².